The van der Waals surface area contributed by atoms with E-state index in [-0.39, 0.29) is 16.5 Å². The lowest BCUT2D eigenvalue weighted by Crippen LogP contribution is -2.45. The Bertz CT molecular complexity index is 711. The molecule has 4 heteroatoms. The number of azo groups is 1. The number of nitrogens with zero attached hydrogens (tertiary/aromatic N) is 2. The fourth-order valence-corrected chi connectivity index (χ4v) is 6.07. The molecule has 2 fully saturated rings. The third kappa shape index (κ3) is 1.68. The molecule has 23 heavy (non-hydrogen) atoms. The summed E-state index contributed by atoms with van der Waals surface area (Å²) in [4.78, 5) is 0. The molecule has 0 aromatic heterocycles. The Balaban J connectivity index is 1.93. The molecule has 122 valence electrons. The van der Waals surface area contributed by atoms with E-state index in [1.807, 2.05) is 5.41 Å². The van der Waals surface area contributed by atoms with Crippen molar-refractivity contribution < 1.29 is 4.21 Å². The van der Waals surface area contributed by atoms with Gasteiger partial charge in [0.2, 0.25) is 0 Å². The zero-order chi connectivity index (χ0) is 16.3. The van der Waals surface area contributed by atoms with Crippen LogP contribution in [-0.2, 0) is 16.3 Å². The Morgan fingerprint density at radius 2 is 1.83 bits per heavy atom. The standard InChI is InChI=1S/C19H24N2OS/c1-17(2)18(12-13-23(3)22)15-10-7-11-16(15)19(17,21-20-18)14-8-5-4-6-9-14/h4-6,8-9,12-13,15-16H,7,10-11H2,1-3H3/b13-12+/t15-,16+,18-,19+,23?/m1/s1. The van der Waals surface area contributed by atoms with Crippen molar-refractivity contribution in [1.82, 2.24) is 0 Å². The summed E-state index contributed by atoms with van der Waals surface area (Å²) in [6.07, 6.45) is 7.50. The lowest BCUT2D eigenvalue weighted by Gasteiger charge is -2.40. The zero-order valence-electron chi connectivity index (χ0n) is 14.0. The molecule has 0 N–H and O–H groups in total. The fraction of sp³-hybridized carbons (Fsp3) is 0.579. The van der Waals surface area contributed by atoms with E-state index in [0.29, 0.717) is 11.8 Å². The van der Waals surface area contributed by atoms with E-state index in [0.717, 1.165) is 0 Å². The number of rotatable bonds is 3. The van der Waals surface area contributed by atoms with Crippen LogP contribution in [0.1, 0.15) is 38.7 Å². The van der Waals surface area contributed by atoms with Crippen molar-refractivity contribution in [3.63, 3.8) is 0 Å². The third-order valence-electron chi connectivity index (χ3n) is 6.67. The van der Waals surface area contributed by atoms with Crippen molar-refractivity contribution in [1.29, 1.82) is 0 Å². The smallest absolute Gasteiger partial charge is 0.117 e. The highest BCUT2D eigenvalue weighted by Gasteiger charge is 2.76. The topological polar surface area (TPSA) is 41.8 Å². The summed E-state index contributed by atoms with van der Waals surface area (Å²) in [6, 6.07) is 10.7. The minimum atomic E-state index is -0.952. The van der Waals surface area contributed by atoms with Crippen LogP contribution in [-0.4, -0.2) is 16.0 Å². The van der Waals surface area contributed by atoms with Crippen LogP contribution < -0.4 is 0 Å². The molecule has 3 aliphatic rings. The minimum absolute atomic E-state index is 0.104. The van der Waals surface area contributed by atoms with Gasteiger partial charge in [0.15, 0.2) is 0 Å². The average Bonchev–Trinajstić information content (AvgIpc) is 3.14. The molecule has 1 heterocycles. The lowest BCUT2D eigenvalue weighted by molar-refractivity contribution is 0.164. The lowest BCUT2D eigenvalue weighted by atomic mass is 9.63. The van der Waals surface area contributed by atoms with Gasteiger partial charge in [-0.2, -0.15) is 10.2 Å². The van der Waals surface area contributed by atoms with Gasteiger partial charge in [-0.3, -0.25) is 4.21 Å². The molecule has 0 radical (unpaired) electrons. The first kappa shape index (κ1) is 15.3. The van der Waals surface area contributed by atoms with Crippen molar-refractivity contribution in [2.45, 2.75) is 44.2 Å². The van der Waals surface area contributed by atoms with Crippen molar-refractivity contribution in [3.05, 3.63) is 47.4 Å². The van der Waals surface area contributed by atoms with Gasteiger partial charge in [0.1, 0.15) is 11.1 Å². The first-order valence-electron chi connectivity index (χ1n) is 8.47. The van der Waals surface area contributed by atoms with Crippen LogP contribution in [0.5, 0.6) is 0 Å². The Hall–Kier alpha value is -1.29. The third-order valence-corrected chi connectivity index (χ3v) is 7.19. The van der Waals surface area contributed by atoms with Gasteiger partial charge in [0, 0.05) is 27.9 Å². The highest BCUT2D eigenvalue weighted by molar-refractivity contribution is 7.87. The predicted molar refractivity (Wildman–Crippen MR) is 93.5 cm³/mol. The maximum Gasteiger partial charge on any atom is 0.117 e. The van der Waals surface area contributed by atoms with E-state index >= 15 is 0 Å². The average molecular weight is 328 g/mol. The summed E-state index contributed by atoms with van der Waals surface area (Å²) < 4.78 is 11.7. The van der Waals surface area contributed by atoms with Crippen LogP contribution >= 0.6 is 0 Å². The number of hydrogen-bond donors (Lipinski definition) is 0. The molecular weight excluding hydrogens is 304 g/mol. The summed E-state index contributed by atoms with van der Waals surface area (Å²) in [5.41, 5.74) is 0.633. The van der Waals surface area contributed by atoms with Crippen LogP contribution in [0.3, 0.4) is 0 Å². The van der Waals surface area contributed by atoms with Gasteiger partial charge in [-0.25, -0.2) is 0 Å². The maximum atomic E-state index is 11.7. The first-order valence-corrected chi connectivity index (χ1v) is 10.1. The van der Waals surface area contributed by atoms with Crippen LogP contribution in [0.2, 0.25) is 0 Å². The van der Waals surface area contributed by atoms with Crippen molar-refractivity contribution in [3.8, 4) is 0 Å². The van der Waals surface area contributed by atoms with E-state index in [2.05, 4.69) is 50.3 Å². The van der Waals surface area contributed by atoms with E-state index in [9.17, 15) is 4.21 Å². The van der Waals surface area contributed by atoms with Gasteiger partial charge >= 0.3 is 0 Å². The molecule has 2 bridgehead atoms. The second kappa shape index (κ2) is 4.85. The SMILES string of the molecule is CS(=O)/C=C/[C@@]12N=N[C@@](c3ccccc3)([C@H]3CCC[C@H]31)C2(C)C. The molecule has 2 saturated carbocycles. The summed E-state index contributed by atoms with van der Waals surface area (Å²) in [6.45, 7) is 4.61. The molecule has 1 unspecified atom stereocenters. The summed E-state index contributed by atoms with van der Waals surface area (Å²) in [5.74, 6) is 1.04. The van der Waals surface area contributed by atoms with Crippen LogP contribution in [0.25, 0.3) is 0 Å². The molecule has 1 aliphatic heterocycles. The zero-order valence-corrected chi connectivity index (χ0v) is 14.8. The molecule has 5 atom stereocenters. The molecule has 0 saturated heterocycles. The molecule has 1 aromatic rings. The quantitative estimate of drug-likeness (QED) is 0.809. The Morgan fingerprint density at radius 1 is 1.13 bits per heavy atom. The highest BCUT2D eigenvalue weighted by Crippen LogP contribution is 2.74. The summed E-state index contributed by atoms with van der Waals surface area (Å²) >= 11 is 0. The van der Waals surface area contributed by atoms with Crippen molar-refractivity contribution in [2.24, 2.45) is 27.5 Å². The maximum absolute atomic E-state index is 11.7. The molecule has 0 spiro atoms. The number of hydrogen-bond acceptors (Lipinski definition) is 3. The second-order valence-corrected chi connectivity index (χ2v) is 9.00. The van der Waals surface area contributed by atoms with E-state index in [1.54, 1.807) is 6.26 Å². The van der Waals surface area contributed by atoms with Gasteiger partial charge in [-0.15, -0.1) is 0 Å². The van der Waals surface area contributed by atoms with E-state index in [4.69, 9.17) is 10.2 Å². The fourth-order valence-electron chi connectivity index (χ4n) is 5.67. The largest absolute Gasteiger partial charge is 0.255 e. The van der Waals surface area contributed by atoms with Crippen LogP contribution in [0, 0.1) is 17.3 Å². The number of benzene rings is 1. The molecule has 3 nitrogen and oxygen atoms in total. The molecule has 1 aromatic carbocycles. The normalized spacial score (nSPS) is 41.5. The van der Waals surface area contributed by atoms with Gasteiger partial charge in [-0.05, 0) is 36.3 Å². The van der Waals surface area contributed by atoms with Gasteiger partial charge in [0.25, 0.3) is 0 Å². The van der Waals surface area contributed by atoms with Crippen LogP contribution in [0.15, 0.2) is 52.0 Å². The summed E-state index contributed by atoms with van der Waals surface area (Å²) in [5, 5.41) is 11.6. The second-order valence-electron chi connectivity index (χ2n) is 7.73. The monoisotopic (exact) mass is 328 g/mol. The van der Waals surface area contributed by atoms with Crippen molar-refractivity contribution in [2.75, 3.05) is 6.26 Å². The van der Waals surface area contributed by atoms with E-state index in [1.165, 1.54) is 24.8 Å². The Morgan fingerprint density at radius 3 is 2.52 bits per heavy atom. The Kier molecular flexibility index (Phi) is 3.22. The predicted octanol–water partition coefficient (Wildman–Crippen LogP) is 4.43. The van der Waals surface area contributed by atoms with Crippen LogP contribution in [0.4, 0.5) is 0 Å². The Labute approximate surface area is 140 Å². The molecule has 0 amide bonds. The highest BCUT2D eigenvalue weighted by atomic mass is 32.2. The summed E-state index contributed by atoms with van der Waals surface area (Å²) in [7, 11) is -0.952. The number of fused-ring (bicyclic) bond motifs is 5. The first-order chi connectivity index (χ1) is 11.0. The van der Waals surface area contributed by atoms with Gasteiger partial charge in [0.05, 0.1) is 0 Å². The molecule has 2 aliphatic carbocycles. The molecular formula is C19H24N2OS. The molecule has 4 rings (SSSR count). The van der Waals surface area contributed by atoms with E-state index < -0.39 is 10.8 Å². The minimum Gasteiger partial charge on any atom is -0.255 e. The van der Waals surface area contributed by atoms with Gasteiger partial charge in [-0.1, -0.05) is 50.6 Å². The van der Waals surface area contributed by atoms with Crippen molar-refractivity contribution >= 4 is 10.8 Å². The van der Waals surface area contributed by atoms with Gasteiger partial charge < -0.3 is 0 Å².